The summed E-state index contributed by atoms with van der Waals surface area (Å²) in [6, 6.07) is 15.5. The Morgan fingerprint density at radius 1 is 1.00 bits per heavy atom. The second-order valence-electron chi connectivity index (χ2n) is 5.51. The van der Waals surface area contributed by atoms with Crippen molar-refractivity contribution in [1.82, 2.24) is 4.98 Å². The summed E-state index contributed by atoms with van der Waals surface area (Å²) in [7, 11) is 0. The van der Waals surface area contributed by atoms with Crippen molar-refractivity contribution >= 4 is 21.7 Å². The molecule has 26 heavy (non-hydrogen) atoms. The maximum atomic E-state index is 13.0. The van der Waals surface area contributed by atoms with Crippen LogP contribution in [0.4, 0.5) is 19.0 Å². The van der Waals surface area contributed by atoms with E-state index >= 15 is 0 Å². The van der Waals surface area contributed by atoms with Gasteiger partial charge in [0.25, 0.3) is 0 Å². The predicted molar refractivity (Wildman–Crippen MR) is 96.9 cm³/mol. The highest BCUT2D eigenvalue weighted by Crippen LogP contribution is 2.35. The third-order valence-corrected chi connectivity index (χ3v) is 4.33. The summed E-state index contributed by atoms with van der Waals surface area (Å²) in [6.07, 6.45) is -4.48. The first kappa shape index (κ1) is 18.0. The Hall–Kier alpha value is -2.85. The number of halogens is 4. The van der Waals surface area contributed by atoms with E-state index in [2.05, 4.69) is 20.9 Å². The van der Waals surface area contributed by atoms with Gasteiger partial charge in [0.05, 0.1) is 11.3 Å². The molecule has 2 N–H and O–H groups in total. The molecular formula is C19H11BrF3N3. The van der Waals surface area contributed by atoms with Crippen LogP contribution < -0.4 is 5.73 Å². The molecule has 3 rings (SSSR count). The van der Waals surface area contributed by atoms with Crippen molar-refractivity contribution in [3.8, 4) is 28.5 Å². The standard InChI is InChI=1S/C19H11BrF3N3/c20-14-6-4-11(5-7-14)17-9-15(16(10-24)18(25)26-17)12-2-1-3-13(8-12)19(21,22)23/h1-9H,(H2,25,26). The highest BCUT2D eigenvalue weighted by molar-refractivity contribution is 9.10. The van der Waals surface area contributed by atoms with E-state index in [1.165, 1.54) is 12.1 Å². The predicted octanol–water partition coefficient (Wildman–Crippen LogP) is 5.65. The Morgan fingerprint density at radius 3 is 2.31 bits per heavy atom. The molecule has 0 bridgehead atoms. The maximum Gasteiger partial charge on any atom is 0.416 e. The molecule has 0 unspecified atom stereocenters. The van der Waals surface area contributed by atoms with E-state index in [4.69, 9.17) is 5.73 Å². The van der Waals surface area contributed by atoms with Crippen LogP contribution in [0.5, 0.6) is 0 Å². The van der Waals surface area contributed by atoms with Crippen LogP contribution >= 0.6 is 15.9 Å². The van der Waals surface area contributed by atoms with Gasteiger partial charge in [-0.1, -0.05) is 40.2 Å². The fourth-order valence-corrected chi connectivity index (χ4v) is 2.81. The van der Waals surface area contributed by atoms with Gasteiger partial charge >= 0.3 is 6.18 Å². The van der Waals surface area contributed by atoms with Gasteiger partial charge in [-0.3, -0.25) is 0 Å². The SMILES string of the molecule is N#Cc1c(-c2cccc(C(F)(F)F)c2)cc(-c2ccc(Br)cc2)nc1N. The Balaban J connectivity index is 2.21. The lowest BCUT2D eigenvalue weighted by atomic mass is 9.97. The minimum Gasteiger partial charge on any atom is -0.383 e. The topological polar surface area (TPSA) is 62.7 Å². The molecule has 0 fully saturated rings. The Kier molecular flexibility index (Phi) is 4.70. The van der Waals surface area contributed by atoms with Crippen LogP contribution in [-0.4, -0.2) is 4.98 Å². The van der Waals surface area contributed by atoms with Crippen molar-refractivity contribution in [3.05, 3.63) is 70.2 Å². The Labute approximate surface area is 156 Å². The van der Waals surface area contributed by atoms with Gasteiger partial charge < -0.3 is 5.73 Å². The molecule has 0 saturated carbocycles. The van der Waals surface area contributed by atoms with E-state index in [0.29, 0.717) is 11.3 Å². The Morgan fingerprint density at radius 2 is 1.69 bits per heavy atom. The molecular weight excluding hydrogens is 407 g/mol. The van der Waals surface area contributed by atoms with Crippen molar-refractivity contribution in [2.45, 2.75) is 6.18 Å². The molecule has 0 radical (unpaired) electrons. The number of rotatable bonds is 2. The first-order valence-electron chi connectivity index (χ1n) is 7.44. The Bertz CT molecular complexity index is 1010. The van der Waals surface area contributed by atoms with Crippen LogP contribution in [0.25, 0.3) is 22.4 Å². The molecule has 0 spiro atoms. The number of nitrogens with two attached hydrogens (primary N) is 1. The molecule has 0 aliphatic rings. The molecule has 7 heteroatoms. The zero-order valence-electron chi connectivity index (χ0n) is 13.2. The number of hydrogen-bond donors (Lipinski definition) is 1. The van der Waals surface area contributed by atoms with E-state index < -0.39 is 11.7 Å². The van der Waals surface area contributed by atoms with E-state index in [9.17, 15) is 18.4 Å². The smallest absolute Gasteiger partial charge is 0.383 e. The molecule has 3 nitrogen and oxygen atoms in total. The summed E-state index contributed by atoms with van der Waals surface area (Å²) in [4.78, 5) is 4.22. The van der Waals surface area contributed by atoms with Crippen LogP contribution in [-0.2, 0) is 6.18 Å². The summed E-state index contributed by atoms with van der Waals surface area (Å²) < 4.78 is 39.9. The van der Waals surface area contributed by atoms with Crippen molar-refractivity contribution in [2.75, 3.05) is 5.73 Å². The summed E-state index contributed by atoms with van der Waals surface area (Å²) in [5, 5.41) is 9.39. The third-order valence-electron chi connectivity index (χ3n) is 3.80. The minimum atomic E-state index is -4.48. The minimum absolute atomic E-state index is 0.0275. The average Bonchev–Trinajstić information content (AvgIpc) is 2.61. The third kappa shape index (κ3) is 3.55. The number of nitrogens with zero attached hydrogens (tertiary/aromatic N) is 2. The van der Waals surface area contributed by atoms with E-state index in [-0.39, 0.29) is 16.9 Å². The molecule has 130 valence electrons. The fourth-order valence-electron chi connectivity index (χ4n) is 2.54. The highest BCUT2D eigenvalue weighted by atomic mass is 79.9. The summed E-state index contributed by atoms with van der Waals surface area (Å²) in [5.41, 5.74) is 6.92. The van der Waals surface area contributed by atoms with Gasteiger partial charge in [0.2, 0.25) is 0 Å². The molecule has 0 atom stereocenters. The van der Waals surface area contributed by atoms with E-state index in [1.807, 2.05) is 18.2 Å². The first-order valence-corrected chi connectivity index (χ1v) is 8.23. The number of alkyl halides is 3. The van der Waals surface area contributed by atoms with Crippen LogP contribution in [0.1, 0.15) is 11.1 Å². The molecule has 1 heterocycles. The van der Waals surface area contributed by atoms with Gasteiger partial charge in [0.1, 0.15) is 17.5 Å². The van der Waals surface area contributed by atoms with Gasteiger partial charge in [-0.25, -0.2) is 4.98 Å². The van der Waals surface area contributed by atoms with Crippen LogP contribution in [0, 0.1) is 11.3 Å². The van der Waals surface area contributed by atoms with Crippen LogP contribution in [0.15, 0.2) is 59.1 Å². The van der Waals surface area contributed by atoms with Gasteiger partial charge in [0, 0.05) is 15.6 Å². The summed E-state index contributed by atoms with van der Waals surface area (Å²) >= 11 is 3.34. The number of benzene rings is 2. The maximum absolute atomic E-state index is 13.0. The number of aromatic nitrogens is 1. The van der Waals surface area contributed by atoms with Crippen LogP contribution in [0.2, 0.25) is 0 Å². The van der Waals surface area contributed by atoms with Gasteiger partial charge in [-0.15, -0.1) is 0 Å². The summed E-state index contributed by atoms with van der Waals surface area (Å²) in [6.45, 7) is 0. The van der Waals surface area contributed by atoms with Crippen LogP contribution in [0.3, 0.4) is 0 Å². The molecule has 0 amide bonds. The number of anilines is 1. The van der Waals surface area contributed by atoms with Gasteiger partial charge in [-0.2, -0.15) is 18.4 Å². The first-order chi connectivity index (χ1) is 12.3. The molecule has 0 aliphatic heterocycles. The molecule has 3 aromatic rings. The largest absolute Gasteiger partial charge is 0.416 e. The molecule has 0 saturated heterocycles. The highest BCUT2D eigenvalue weighted by Gasteiger charge is 2.30. The van der Waals surface area contributed by atoms with E-state index in [0.717, 1.165) is 22.2 Å². The van der Waals surface area contributed by atoms with Crippen molar-refractivity contribution in [1.29, 1.82) is 5.26 Å². The number of pyridine rings is 1. The normalized spacial score (nSPS) is 11.2. The van der Waals surface area contributed by atoms with Gasteiger partial charge in [0.15, 0.2) is 0 Å². The monoisotopic (exact) mass is 417 g/mol. The zero-order valence-corrected chi connectivity index (χ0v) is 14.8. The van der Waals surface area contributed by atoms with Crippen molar-refractivity contribution in [2.24, 2.45) is 0 Å². The second kappa shape index (κ2) is 6.81. The number of hydrogen-bond acceptors (Lipinski definition) is 3. The summed E-state index contributed by atoms with van der Waals surface area (Å²) in [5.74, 6) is -0.0275. The van der Waals surface area contributed by atoms with Crippen molar-refractivity contribution in [3.63, 3.8) is 0 Å². The van der Waals surface area contributed by atoms with E-state index in [1.54, 1.807) is 18.2 Å². The van der Waals surface area contributed by atoms with Gasteiger partial charge in [-0.05, 0) is 35.9 Å². The zero-order chi connectivity index (χ0) is 18.9. The molecule has 2 aromatic carbocycles. The van der Waals surface area contributed by atoms with Crippen molar-refractivity contribution < 1.29 is 13.2 Å². The second-order valence-corrected chi connectivity index (χ2v) is 6.43. The number of nitrogen functional groups attached to an aromatic ring is 1. The lowest BCUT2D eigenvalue weighted by molar-refractivity contribution is -0.137. The lowest BCUT2D eigenvalue weighted by Crippen LogP contribution is -2.05. The molecule has 0 aliphatic carbocycles. The lowest BCUT2D eigenvalue weighted by Gasteiger charge is -2.12. The fraction of sp³-hybridized carbons (Fsp3) is 0.0526. The quantitative estimate of drug-likeness (QED) is 0.585. The average molecular weight is 418 g/mol. The molecule has 1 aromatic heterocycles. The number of nitriles is 1.